The molecule has 78 valence electrons. The number of nitrogens with one attached hydrogen (secondary N) is 1. The Morgan fingerprint density at radius 1 is 1.46 bits per heavy atom. The number of hydrogen-bond donors (Lipinski definition) is 1. The first-order chi connectivity index (χ1) is 6.17. The van der Waals surface area contributed by atoms with E-state index in [9.17, 15) is 0 Å². The van der Waals surface area contributed by atoms with Crippen molar-refractivity contribution in [3.8, 4) is 0 Å². The monoisotopic (exact) mass is 186 g/mol. The van der Waals surface area contributed by atoms with Gasteiger partial charge in [-0.3, -0.25) is 5.41 Å². The van der Waals surface area contributed by atoms with Crippen LogP contribution in [0, 0.1) is 5.41 Å². The molecule has 0 aromatic heterocycles. The van der Waals surface area contributed by atoms with Gasteiger partial charge in [-0.15, -0.1) is 0 Å². The zero-order valence-corrected chi connectivity index (χ0v) is 9.26. The van der Waals surface area contributed by atoms with Gasteiger partial charge in [0.1, 0.15) is 0 Å². The molecule has 0 aliphatic heterocycles. The van der Waals surface area contributed by atoms with E-state index in [1.165, 1.54) is 0 Å². The molecule has 0 aromatic rings. The summed E-state index contributed by atoms with van der Waals surface area (Å²) in [6, 6.07) is 0.447. The van der Waals surface area contributed by atoms with Gasteiger partial charge in [0.25, 0.3) is 0 Å². The number of rotatable bonds is 6. The van der Waals surface area contributed by atoms with Crippen molar-refractivity contribution >= 4 is 5.84 Å². The lowest BCUT2D eigenvalue weighted by molar-refractivity contribution is 0.161. The second-order valence-electron chi connectivity index (χ2n) is 3.24. The highest BCUT2D eigenvalue weighted by Crippen LogP contribution is 2.05. The fraction of sp³-hybridized carbons (Fsp3) is 0.900. The first-order valence-corrected chi connectivity index (χ1v) is 5.00. The first-order valence-electron chi connectivity index (χ1n) is 5.00. The largest absolute Gasteiger partial charge is 0.383 e. The maximum absolute atomic E-state index is 7.78. The average Bonchev–Trinajstić information content (AvgIpc) is 2.17. The Labute approximate surface area is 81.6 Å². The van der Waals surface area contributed by atoms with Gasteiger partial charge in [0.15, 0.2) is 0 Å². The molecule has 1 atom stereocenters. The number of methoxy groups -OCH3 is 1. The van der Waals surface area contributed by atoms with Crippen molar-refractivity contribution in [1.29, 1.82) is 5.41 Å². The van der Waals surface area contributed by atoms with Crippen molar-refractivity contribution < 1.29 is 4.74 Å². The van der Waals surface area contributed by atoms with E-state index >= 15 is 0 Å². The molecule has 3 nitrogen and oxygen atoms in total. The maximum atomic E-state index is 7.78. The van der Waals surface area contributed by atoms with Gasteiger partial charge >= 0.3 is 0 Å². The van der Waals surface area contributed by atoms with E-state index in [1.54, 1.807) is 7.11 Å². The minimum Gasteiger partial charge on any atom is -0.383 e. The average molecular weight is 186 g/mol. The second-order valence-corrected chi connectivity index (χ2v) is 3.24. The lowest BCUT2D eigenvalue weighted by Gasteiger charge is -2.30. The summed E-state index contributed by atoms with van der Waals surface area (Å²) in [4.78, 5) is 2.11. The van der Waals surface area contributed by atoms with E-state index in [2.05, 4.69) is 18.7 Å². The Hall–Kier alpha value is -0.570. The lowest BCUT2D eigenvalue weighted by Crippen LogP contribution is -2.39. The molecule has 0 saturated carbocycles. The van der Waals surface area contributed by atoms with Gasteiger partial charge in [0, 0.05) is 26.1 Å². The summed E-state index contributed by atoms with van der Waals surface area (Å²) < 4.78 is 5.02. The molecule has 0 aromatic carbocycles. The smallest absolute Gasteiger partial charge is 0.0958 e. The highest BCUT2D eigenvalue weighted by molar-refractivity contribution is 5.79. The highest BCUT2D eigenvalue weighted by atomic mass is 16.5. The summed E-state index contributed by atoms with van der Waals surface area (Å²) in [5, 5.41) is 7.78. The molecule has 0 rings (SSSR count). The van der Waals surface area contributed by atoms with Crippen LogP contribution in [0.2, 0.25) is 0 Å². The minimum absolute atomic E-state index is 0.447. The molecule has 1 unspecified atom stereocenters. The topological polar surface area (TPSA) is 36.3 Å². The van der Waals surface area contributed by atoms with Gasteiger partial charge < -0.3 is 9.64 Å². The molecular formula is C10H22N2O. The molecule has 1 N–H and O–H groups in total. The highest BCUT2D eigenvalue weighted by Gasteiger charge is 2.13. The molecule has 0 aliphatic rings. The third-order valence-corrected chi connectivity index (χ3v) is 2.34. The SMILES string of the molecule is CCC(=N)N(CCOC)C(C)CC. The van der Waals surface area contributed by atoms with E-state index < -0.39 is 0 Å². The van der Waals surface area contributed by atoms with Gasteiger partial charge in [-0.2, -0.15) is 0 Å². The van der Waals surface area contributed by atoms with E-state index in [0.717, 1.165) is 19.4 Å². The van der Waals surface area contributed by atoms with Crippen LogP contribution in [-0.2, 0) is 4.74 Å². The number of amidine groups is 1. The third kappa shape index (κ3) is 4.27. The summed E-state index contributed by atoms with van der Waals surface area (Å²) in [6.07, 6.45) is 1.88. The van der Waals surface area contributed by atoms with Crippen LogP contribution in [0.15, 0.2) is 0 Å². The van der Waals surface area contributed by atoms with Crippen LogP contribution in [0.25, 0.3) is 0 Å². The van der Waals surface area contributed by atoms with Crippen molar-refractivity contribution in [3.63, 3.8) is 0 Å². The van der Waals surface area contributed by atoms with Crippen molar-refractivity contribution in [2.45, 2.75) is 39.7 Å². The first kappa shape index (κ1) is 12.4. The number of nitrogens with zero attached hydrogens (tertiary/aromatic N) is 1. The van der Waals surface area contributed by atoms with Gasteiger partial charge in [-0.05, 0) is 13.3 Å². The van der Waals surface area contributed by atoms with Crippen molar-refractivity contribution in [1.82, 2.24) is 4.90 Å². The molecule has 0 amide bonds. The molecule has 3 heteroatoms. The molecule has 0 bridgehead atoms. The Bertz CT molecular complexity index is 148. The normalized spacial score (nSPS) is 12.6. The summed E-state index contributed by atoms with van der Waals surface area (Å²) in [5.74, 6) is 0.714. The van der Waals surface area contributed by atoms with E-state index in [1.807, 2.05) is 6.92 Å². The second kappa shape index (κ2) is 6.89. The van der Waals surface area contributed by atoms with E-state index in [-0.39, 0.29) is 0 Å². The zero-order valence-electron chi connectivity index (χ0n) is 9.26. The Morgan fingerprint density at radius 3 is 2.46 bits per heavy atom. The molecule has 0 spiro atoms. The summed E-state index contributed by atoms with van der Waals surface area (Å²) >= 11 is 0. The van der Waals surface area contributed by atoms with Crippen molar-refractivity contribution in [2.75, 3.05) is 20.3 Å². The molecule has 0 radical (unpaired) electrons. The Morgan fingerprint density at radius 2 is 2.08 bits per heavy atom. The molecular weight excluding hydrogens is 164 g/mol. The molecule has 13 heavy (non-hydrogen) atoms. The van der Waals surface area contributed by atoms with E-state index in [4.69, 9.17) is 10.1 Å². The number of ether oxygens (including phenoxy) is 1. The number of hydrogen-bond acceptors (Lipinski definition) is 2. The zero-order chi connectivity index (χ0) is 10.3. The maximum Gasteiger partial charge on any atom is 0.0958 e. The van der Waals surface area contributed by atoms with Gasteiger partial charge in [0.05, 0.1) is 12.4 Å². The summed E-state index contributed by atoms with van der Waals surface area (Å²) in [5.41, 5.74) is 0. The predicted octanol–water partition coefficient (Wildman–Crippen LogP) is 2.12. The van der Waals surface area contributed by atoms with Crippen molar-refractivity contribution in [2.24, 2.45) is 0 Å². The van der Waals surface area contributed by atoms with Crippen LogP contribution in [0.3, 0.4) is 0 Å². The van der Waals surface area contributed by atoms with E-state index in [0.29, 0.717) is 18.5 Å². The molecule has 0 heterocycles. The standard InChI is InChI=1S/C10H22N2O/c1-5-9(3)12(7-8-13-4)10(11)6-2/h9,11H,5-8H2,1-4H3. The van der Waals surface area contributed by atoms with Gasteiger partial charge in [-0.1, -0.05) is 13.8 Å². The van der Waals surface area contributed by atoms with Crippen LogP contribution >= 0.6 is 0 Å². The Kier molecular flexibility index (Phi) is 6.59. The lowest BCUT2D eigenvalue weighted by atomic mass is 10.2. The minimum atomic E-state index is 0.447. The summed E-state index contributed by atoms with van der Waals surface area (Å²) in [6.45, 7) is 7.85. The fourth-order valence-electron chi connectivity index (χ4n) is 1.23. The molecule has 0 aliphatic carbocycles. The fourth-order valence-corrected chi connectivity index (χ4v) is 1.23. The predicted molar refractivity (Wildman–Crippen MR) is 56.4 cm³/mol. The van der Waals surface area contributed by atoms with Gasteiger partial charge in [-0.25, -0.2) is 0 Å². The quantitative estimate of drug-likeness (QED) is 0.509. The van der Waals surface area contributed by atoms with Crippen LogP contribution in [-0.4, -0.2) is 37.0 Å². The third-order valence-electron chi connectivity index (χ3n) is 2.34. The molecule has 0 saturated heterocycles. The van der Waals surface area contributed by atoms with Crippen LogP contribution in [0.4, 0.5) is 0 Å². The van der Waals surface area contributed by atoms with Crippen LogP contribution in [0.5, 0.6) is 0 Å². The molecule has 0 fully saturated rings. The van der Waals surface area contributed by atoms with Crippen LogP contribution in [0.1, 0.15) is 33.6 Å². The Balaban J connectivity index is 4.09. The van der Waals surface area contributed by atoms with Crippen molar-refractivity contribution in [3.05, 3.63) is 0 Å². The van der Waals surface area contributed by atoms with Crippen LogP contribution < -0.4 is 0 Å². The van der Waals surface area contributed by atoms with Gasteiger partial charge in [0.2, 0.25) is 0 Å². The summed E-state index contributed by atoms with van der Waals surface area (Å²) in [7, 11) is 1.70.